The molecule has 5 heteroatoms. The summed E-state index contributed by atoms with van der Waals surface area (Å²) in [6, 6.07) is 6.85. The first kappa shape index (κ1) is 14.8. The Balaban J connectivity index is 2.89. The number of carboxylic acids is 1. The van der Waals surface area contributed by atoms with Crippen LogP contribution in [0.2, 0.25) is 0 Å². The maximum Gasteiger partial charge on any atom is 0.221 e. The summed E-state index contributed by atoms with van der Waals surface area (Å²) in [4.78, 5) is 21.7. The lowest BCUT2D eigenvalue weighted by Crippen LogP contribution is -2.34. The van der Waals surface area contributed by atoms with Gasteiger partial charge in [0.15, 0.2) is 0 Å². The highest BCUT2D eigenvalue weighted by Gasteiger charge is 2.02. The van der Waals surface area contributed by atoms with Gasteiger partial charge in [-0.3, -0.25) is 4.79 Å². The van der Waals surface area contributed by atoms with Crippen molar-refractivity contribution in [2.75, 3.05) is 0 Å². The SMILES string of the molecule is CC(=O)N/C(=C\c1ccc(OC(C)C)cc1)C(=O)[O-]. The lowest BCUT2D eigenvalue weighted by molar-refractivity contribution is -0.299. The Bertz CT molecular complexity index is 489. The second-order valence-electron chi connectivity index (χ2n) is 4.26. The van der Waals surface area contributed by atoms with E-state index in [2.05, 4.69) is 5.32 Å². The molecule has 102 valence electrons. The van der Waals surface area contributed by atoms with E-state index in [1.165, 1.54) is 13.0 Å². The molecule has 1 aromatic carbocycles. The molecule has 0 spiro atoms. The Hall–Kier alpha value is -2.30. The summed E-state index contributed by atoms with van der Waals surface area (Å²) >= 11 is 0. The lowest BCUT2D eigenvalue weighted by Gasteiger charge is -2.11. The van der Waals surface area contributed by atoms with Crippen LogP contribution >= 0.6 is 0 Å². The van der Waals surface area contributed by atoms with E-state index in [9.17, 15) is 14.7 Å². The van der Waals surface area contributed by atoms with E-state index in [0.717, 1.165) is 0 Å². The van der Waals surface area contributed by atoms with E-state index < -0.39 is 11.9 Å². The summed E-state index contributed by atoms with van der Waals surface area (Å²) in [5.41, 5.74) is 0.356. The molecule has 19 heavy (non-hydrogen) atoms. The summed E-state index contributed by atoms with van der Waals surface area (Å²) in [6.07, 6.45) is 1.40. The van der Waals surface area contributed by atoms with E-state index in [1.54, 1.807) is 24.3 Å². The van der Waals surface area contributed by atoms with Gasteiger partial charge in [-0.1, -0.05) is 12.1 Å². The topological polar surface area (TPSA) is 78.5 Å². The number of amides is 1. The third-order valence-corrected chi connectivity index (χ3v) is 2.09. The fourth-order valence-electron chi connectivity index (χ4n) is 1.42. The maximum absolute atomic E-state index is 10.9. The third kappa shape index (κ3) is 5.25. The van der Waals surface area contributed by atoms with Crippen molar-refractivity contribution in [3.63, 3.8) is 0 Å². The molecular weight excluding hydrogens is 246 g/mol. The summed E-state index contributed by atoms with van der Waals surface area (Å²) in [5, 5.41) is 13.0. The fourth-order valence-corrected chi connectivity index (χ4v) is 1.42. The van der Waals surface area contributed by atoms with Crippen LogP contribution in [0.4, 0.5) is 0 Å². The van der Waals surface area contributed by atoms with Gasteiger partial charge >= 0.3 is 0 Å². The van der Waals surface area contributed by atoms with Crippen LogP contribution in [0, 0.1) is 0 Å². The molecular formula is C14H16NO4-. The average molecular weight is 262 g/mol. The van der Waals surface area contributed by atoms with Crippen LogP contribution in [0.3, 0.4) is 0 Å². The lowest BCUT2D eigenvalue weighted by atomic mass is 10.2. The second-order valence-corrected chi connectivity index (χ2v) is 4.26. The van der Waals surface area contributed by atoms with Crippen LogP contribution in [-0.2, 0) is 9.59 Å². The zero-order valence-corrected chi connectivity index (χ0v) is 11.1. The van der Waals surface area contributed by atoms with E-state index in [1.807, 2.05) is 13.8 Å². The van der Waals surface area contributed by atoms with Gasteiger partial charge in [-0.25, -0.2) is 0 Å². The van der Waals surface area contributed by atoms with Crippen LogP contribution in [0.15, 0.2) is 30.0 Å². The average Bonchev–Trinajstić information content (AvgIpc) is 2.29. The molecule has 0 bridgehead atoms. The largest absolute Gasteiger partial charge is 0.543 e. The Morgan fingerprint density at radius 2 is 1.84 bits per heavy atom. The number of nitrogens with one attached hydrogen (secondary N) is 1. The molecule has 5 nitrogen and oxygen atoms in total. The molecule has 0 heterocycles. The molecule has 1 N–H and O–H groups in total. The molecule has 1 aromatic rings. The molecule has 0 atom stereocenters. The molecule has 0 radical (unpaired) electrons. The summed E-state index contributed by atoms with van der Waals surface area (Å²) < 4.78 is 5.47. The Kier molecular flexibility index (Phi) is 5.11. The van der Waals surface area contributed by atoms with Crippen LogP contribution < -0.4 is 15.2 Å². The first-order chi connectivity index (χ1) is 8.88. The highest BCUT2D eigenvalue weighted by atomic mass is 16.5. The smallest absolute Gasteiger partial charge is 0.221 e. The van der Waals surface area contributed by atoms with Crippen molar-refractivity contribution in [1.82, 2.24) is 5.32 Å². The molecule has 0 aliphatic heterocycles. The number of aliphatic carboxylic acids is 1. The van der Waals surface area contributed by atoms with Gasteiger partial charge in [0.1, 0.15) is 5.75 Å². The first-order valence-electron chi connectivity index (χ1n) is 5.86. The molecule has 0 aliphatic rings. The van der Waals surface area contributed by atoms with Gasteiger partial charge in [-0.2, -0.15) is 0 Å². The zero-order valence-electron chi connectivity index (χ0n) is 11.1. The molecule has 0 saturated heterocycles. The number of hydrogen-bond donors (Lipinski definition) is 1. The van der Waals surface area contributed by atoms with Gasteiger partial charge < -0.3 is 20.0 Å². The molecule has 0 aromatic heterocycles. The Morgan fingerprint density at radius 3 is 2.26 bits per heavy atom. The van der Waals surface area contributed by atoms with Crippen molar-refractivity contribution in [1.29, 1.82) is 0 Å². The molecule has 1 rings (SSSR count). The number of benzene rings is 1. The van der Waals surface area contributed by atoms with Gasteiger partial charge in [0.05, 0.1) is 17.8 Å². The van der Waals surface area contributed by atoms with Crippen molar-refractivity contribution in [2.45, 2.75) is 26.9 Å². The summed E-state index contributed by atoms with van der Waals surface area (Å²) in [5.74, 6) is -1.20. The normalized spacial score (nSPS) is 11.3. The number of ether oxygens (including phenoxy) is 1. The number of carbonyl (C=O) groups excluding carboxylic acids is 2. The number of rotatable bonds is 5. The van der Waals surface area contributed by atoms with E-state index in [0.29, 0.717) is 11.3 Å². The predicted octanol–water partition coefficient (Wildman–Crippen LogP) is 0.701. The number of carboxylic acid groups (broad SMARTS) is 1. The van der Waals surface area contributed by atoms with Crippen molar-refractivity contribution in [2.24, 2.45) is 0 Å². The Morgan fingerprint density at radius 1 is 1.26 bits per heavy atom. The van der Waals surface area contributed by atoms with Gasteiger partial charge in [0.2, 0.25) is 5.91 Å². The highest BCUT2D eigenvalue weighted by Crippen LogP contribution is 2.15. The minimum Gasteiger partial charge on any atom is -0.543 e. The van der Waals surface area contributed by atoms with E-state index >= 15 is 0 Å². The van der Waals surface area contributed by atoms with Gasteiger partial charge in [0, 0.05) is 6.92 Å². The summed E-state index contributed by atoms with van der Waals surface area (Å²) in [6.45, 7) is 5.06. The van der Waals surface area contributed by atoms with Crippen molar-refractivity contribution >= 4 is 18.0 Å². The van der Waals surface area contributed by atoms with Crippen LogP contribution in [0.5, 0.6) is 5.75 Å². The van der Waals surface area contributed by atoms with Crippen LogP contribution in [-0.4, -0.2) is 18.0 Å². The molecule has 0 aliphatic carbocycles. The first-order valence-corrected chi connectivity index (χ1v) is 5.86. The minimum atomic E-state index is -1.43. The minimum absolute atomic E-state index is 0.0690. The van der Waals surface area contributed by atoms with Crippen LogP contribution in [0.1, 0.15) is 26.3 Å². The third-order valence-electron chi connectivity index (χ3n) is 2.09. The predicted molar refractivity (Wildman–Crippen MR) is 69.0 cm³/mol. The fraction of sp³-hybridized carbons (Fsp3) is 0.286. The van der Waals surface area contributed by atoms with E-state index in [4.69, 9.17) is 4.74 Å². The van der Waals surface area contributed by atoms with Gasteiger partial charge in [0.25, 0.3) is 0 Å². The van der Waals surface area contributed by atoms with Gasteiger partial charge in [-0.05, 0) is 37.6 Å². The molecule has 0 saturated carbocycles. The van der Waals surface area contributed by atoms with Gasteiger partial charge in [-0.15, -0.1) is 0 Å². The standard InChI is InChI=1S/C14H17NO4/c1-9(2)19-12-6-4-11(5-7-12)8-13(14(17)18)15-10(3)16/h4-9H,1-3H3,(H,15,16)(H,17,18)/p-1/b13-8-. The zero-order chi connectivity index (χ0) is 14.4. The monoisotopic (exact) mass is 262 g/mol. The van der Waals surface area contributed by atoms with Crippen molar-refractivity contribution in [3.05, 3.63) is 35.5 Å². The Labute approximate surface area is 111 Å². The molecule has 1 amide bonds. The quantitative estimate of drug-likeness (QED) is 0.792. The molecule has 0 fully saturated rings. The maximum atomic E-state index is 10.9. The number of carbonyl (C=O) groups is 2. The second kappa shape index (κ2) is 6.58. The van der Waals surface area contributed by atoms with E-state index in [-0.39, 0.29) is 11.8 Å². The highest BCUT2D eigenvalue weighted by molar-refractivity contribution is 5.95. The van der Waals surface area contributed by atoms with Crippen LogP contribution in [0.25, 0.3) is 6.08 Å². The van der Waals surface area contributed by atoms with Crippen molar-refractivity contribution in [3.8, 4) is 5.75 Å². The molecule has 0 unspecified atom stereocenters. The van der Waals surface area contributed by atoms with Crippen molar-refractivity contribution < 1.29 is 19.4 Å². The number of hydrogen-bond acceptors (Lipinski definition) is 4. The summed E-state index contributed by atoms with van der Waals surface area (Å²) in [7, 11) is 0.